The first-order chi connectivity index (χ1) is 26.1. The van der Waals surface area contributed by atoms with Gasteiger partial charge in [0.1, 0.15) is 21.3 Å². The van der Waals surface area contributed by atoms with Crippen LogP contribution in [0.2, 0.25) is 0 Å². The van der Waals surface area contributed by atoms with E-state index in [0.717, 1.165) is 36.4 Å². The van der Waals surface area contributed by atoms with Crippen molar-refractivity contribution in [2.75, 3.05) is 20.1 Å². The Hall–Kier alpha value is -5.97. The number of aryl methyl sites for hydroxylation is 2. The Balaban J connectivity index is 1.24. The Morgan fingerprint density at radius 2 is 0.875 bits per heavy atom. The summed E-state index contributed by atoms with van der Waals surface area (Å²) in [5, 5.41) is 25.3. The van der Waals surface area contributed by atoms with E-state index < -0.39 is 67.6 Å². The van der Waals surface area contributed by atoms with Crippen LogP contribution in [0, 0.1) is 13.8 Å². The van der Waals surface area contributed by atoms with Gasteiger partial charge in [-0.15, -0.1) is 0 Å². The Bertz CT molecular complexity index is 2880. The van der Waals surface area contributed by atoms with Gasteiger partial charge < -0.3 is 20.8 Å². The fourth-order valence-electron chi connectivity index (χ4n) is 5.97. The smallest absolute Gasteiger partial charge is 0.323 e. The van der Waals surface area contributed by atoms with E-state index in [1.54, 1.807) is 0 Å². The molecule has 0 radical (unpaired) electrons. The van der Waals surface area contributed by atoms with Crippen LogP contribution in [0.25, 0.3) is 21.5 Å². The molecule has 0 bridgehead atoms. The summed E-state index contributed by atoms with van der Waals surface area (Å²) in [6.07, 6.45) is 0. The number of hydrogen-bond acceptors (Lipinski definition) is 11. The number of amides is 2. The van der Waals surface area contributed by atoms with Crippen LogP contribution >= 0.6 is 0 Å². The fraction of sp³-hybridized carbons (Fsp3) is 0.0571. The van der Waals surface area contributed by atoms with Gasteiger partial charge in [-0.25, -0.2) is 21.6 Å². The minimum atomic E-state index is -4.74. The number of nitrogens with one attached hydrogen (secondary N) is 4. The molecule has 17 nitrogen and oxygen atoms in total. The van der Waals surface area contributed by atoms with Crippen LogP contribution in [-0.4, -0.2) is 59.0 Å². The number of carbonyl (C=O) groups excluding carboxylic acids is 1. The lowest BCUT2D eigenvalue weighted by Gasteiger charge is -2.16. The number of hydrogen-bond donors (Lipinski definition) is 8. The van der Waals surface area contributed by atoms with Crippen molar-refractivity contribution < 1.29 is 57.8 Å². The third kappa shape index (κ3) is 7.89. The Morgan fingerprint density at radius 1 is 0.500 bits per heavy atom. The molecule has 0 saturated heterocycles. The van der Waals surface area contributed by atoms with Gasteiger partial charge in [0.15, 0.2) is 0 Å². The van der Waals surface area contributed by atoms with Crippen molar-refractivity contribution >= 4 is 90.6 Å². The fourth-order valence-corrected chi connectivity index (χ4v) is 10.0. The first-order valence-corrected chi connectivity index (χ1v) is 21.7. The number of anilines is 4. The average Bonchev–Trinajstić information content (AvgIpc) is 3.08. The zero-order valence-corrected chi connectivity index (χ0v) is 32.1. The summed E-state index contributed by atoms with van der Waals surface area (Å²) in [5.41, 5.74) is 0.0397. The molecule has 8 N–H and O–H groups in total. The highest BCUT2D eigenvalue weighted by molar-refractivity contribution is 7.93. The number of rotatable bonds is 10. The molecule has 0 aromatic heterocycles. The molecular weight excluding hydrogens is 813 g/mol. The minimum Gasteiger partial charge on any atom is -0.507 e. The summed E-state index contributed by atoms with van der Waals surface area (Å²) in [6, 6.07) is 18.6. The molecule has 0 aliphatic heterocycles. The Kier molecular flexibility index (Phi) is 10.1. The summed E-state index contributed by atoms with van der Waals surface area (Å²) in [7, 11) is -18.4. The van der Waals surface area contributed by atoms with Gasteiger partial charge in [-0.1, -0.05) is 36.4 Å². The molecule has 0 unspecified atom stereocenters. The summed E-state index contributed by atoms with van der Waals surface area (Å²) in [4.78, 5) is 11.4. The van der Waals surface area contributed by atoms with Crippen molar-refractivity contribution in [3.63, 3.8) is 0 Å². The van der Waals surface area contributed by atoms with Gasteiger partial charge in [-0.3, -0.25) is 18.5 Å². The zero-order chi connectivity index (χ0) is 41.0. The molecule has 2 amide bonds. The largest absolute Gasteiger partial charge is 0.507 e. The quantitative estimate of drug-likeness (QED) is 0.0763. The van der Waals surface area contributed by atoms with Gasteiger partial charge in [0.05, 0.1) is 21.2 Å². The molecule has 0 aliphatic rings. The van der Waals surface area contributed by atoms with Crippen LogP contribution < -0.4 is 20.1 Å². The lowest BCUT2D eigenvalue weighted by molar-refractivity contribution is 0.262. The molecule has 0 aliphatic carbocycles. The zero-order valence-electron chi connectivity index (χ0n) is 28.8. The van der Waals surface area contributed by atoms with E-state index >= 15 is 0 Å². The van der Waals surface area contributed by atoms with Crippen molar-refractivity contribution in [3.05, 3.63) is 108 Å². The number of benzene rings is 6. The molecule has 56 heavy (non-hydrogen) atoms. The second kappa shape index (κ2) is 14.3. The van der Waals surface area contributed by atoms with Crippen LogP contribution in [0.3, 0.4) is 0 Å². The SMILES string of the molecule is Cc1ccc(NC(=O)Nc2ccc(C)c(S(=O)(=O)Nc3ccc(S(=O)(=O)O)c4cccc(O)c34)c2)cc1S(=O)(=O)Nc1ccc(S(=O)(=O)O)c2cccc(O)c12. The summed E-state index contributed by atoms with van der Waals surface area (Å²) < 4.78 is 126. The molecule has 0 spiro atoms. The number of carbonyl (C=O) groups is 1. The number of urea groups is 1. The van der Waals surface area contributed by atoms with Crippen molar-refractivity contribution in [1.82, 2.24) is 0 Å². The average molecular weight is 843 g/mol. The van der Waals surface area contributed by atoms with Crippen molar-refractivity contribution in [2.24, 2.45) is 0 Å². The lowest BCUT2D eigenvalue weighted by atomic mass is 10.1. The predicted molar refractivity (Wildman–Crippen MR) is 207 cm³/mol. The molecule has 0 heterocycles. The Morgan fingerprint density at radius 3 is 1.23 bits per heavy atom. The Labute approximate surface area is 320 Å². The number of phenolic OH excluding ortho intramolecular Hbond substituents is 2. The van der Waals surface area contributed by atoms with E-state index in [1.807, 2.05) is 0 Å². The first kappa shape index (κ1) is 39.7. The van der Waals surface area contributed by atoms with Gasteiger partial charge in [0.2, 0.25) is 0 Å². The van der Waals surface area contributed by atoms with Crippen LogP contribution in [-0.2, 0) is 40.3 Å². The topological polar surface area (TPSA) is 283 Å². The molecule has 0 saturated carbocycles. The van der Waals surface area contributed by atoms with Gasteiger partial charge in [0, 0.05) is 32.9 Å². The van der Waals surface area contributed by atoms with Crippen LogP contribution in [0.5, 0.6) is 11.5 Å². The highest BCUT2D eigenvalue weighted by atomic mass is 32.2. The summed E-state index contributed by atoms with van der Waals surface area (Å²) >= 11 is 0. The van der Waals surface area contributed by atoms with E-state index in [0.29, 0.717) is 0 Å². The number of sulfonamides is 2. The standard InChI is InChI=1S/C35H30N4O13S4/c1-19-9-11-21(17-31(19)53(43,44)38-25-13-15-29(55(47,48)49)23-5-3-7-27(40)33(23)25)36-35(42)37-22-12-10-20(2)32(18-22)54(45,46)39-26-14-16-30(56(50,51)52)24-6-4-8-28(41)34(24)26/h3-18,38-41H,1-2H3,(H2,36,37,42)(H,47,48,49)(H,50,51,52). The second-order valence-corrected chi connectivity index (χ2v) is 18.4. The van der Waals surface area contributed by atoms with E-state index in [1.165, 1.54) is 74.5 Å². The van der Waals surface area contributed by atoms with Crippen molar-refractivity contribution in [2.45, 2.75) is 33.4 Å². The number of aromatic hydroxyl groups is 2. The molecule has 6 rings (SSSR count). The maximum atomic E-state index is 13.6. The third-order valence-electron chi connectivity index (χ3n) is 8.47. The van der Waals surface area contributed by atoms with E-state index in [2.05, 4.69) is 20.1 Å². The summed E-state index contributed by atoms with van der Waals surface area (Å²) in [5.74, 6) is -0.945. The van der Waals surface area contributed by atoms with E-state index in [-0.39, 0.29) is 65.2 Å². The number of fused-ring (bicyclic) bond motifs is 2. The third-order valence-corrected chi connectivity index (χ3v) is 13.3. The van der Waals surface area contributed by atoms with Gasteiger partial charge in [-0.05, 0) is 85.6 Å². The molecule has 292 valence electrons. The highest BCUT2D eigenvalue weighted by Gasteiger charge is 2.25. The van der Waals surface area contributed by atoms with Crippen molar-refractivity contribution in [3.8, 4) is 11.5 Å². The second-order valence-electron chi connectivity index (χ2n) is 12.3. The molecule has 6 aromatic rings. The minimum absolute atomic E-state index is 0.00967. The molecular formula is C35H30N4O13S4. The molecule has 0 fully saturated rings. The molecule has 6 aromatic carbocycles. The normalized spacial score (nSPS) is 12.4. The van der Waals surface area contributed by atoms with E-state index in [9.17, 15) is 57.8 Å². The monoisotopic (exact) mass is 842 g/mol. The maximum Gasteiger partial charge on any atom is 0.323 e. The highest BCUT2D eigenvalue weighted by Crippen LogP contribution is 2.39. The van der Waals surface area contributed by atoms with E-state index in [4.69, 9.17) is 0 Å². The number of phenols is 2. The maximum absolute atomic E-state index is 13.6. The van der Waals surface area contributed by atoms with Crippen LogP contribution in [0.1, 0.15) is 11.1 Å². The molecule has 0 atom stereocenters. The van der Waals surface area contributed by atoms with Gasteiger partial charge >= 0.3 is 6.03 Å². The summed E-state index contributed by atoms with van der Waals surface area (Å²) in [6.45, 7) is 2.95. The van der Waals surface area contributed by atoms with Crippen LogP contribution in [0.4, 0.5) is 27.5 Å². The lowest BCUT2D eigenvalue weighted by Crippen LogP contribution is -2.21. The van der Waals surface area contributed by atoms with Crippen LogP contribution in [0.15, 0.2) is 117 Å². The van der Waals surface area contributed by atoms with Gasteiger partial charge in [0.25, 0.3) is 40.3 Å². The van der Waals surface area contributed by atoms with Gasteiger partial charge in [-0.2, -0.15) is 16.8 Å². The first-order valence-electron chi connectivity index (χ1n) is 15.9. The van der Waals surface area contributed by atoms with Crippen molar-refractivity contribution in [1.29, 1.82) is 0 Å². The predicted octanol–water partition coefficient (Wildman–Crippen LogP) is 5.76. The molecule has 21 heteroatoms.